The van der Waals surface area contributed by atoms with E-state index in [9.17, 15) is 9.59 Å². The van der Waals surface area contributed by atoms with Crippen molar-refractivity contribution in [2.24, 2.45) is 17.6 Å². The Hall–Kier alpha value is -3.28. The third-order valence-corrected chi connectivity index (χ3v) is 4.94. The number of carbonyl (C=O) groups excluding carboxylic acids is 2. The molecule has 2 atom stereocenters. The highest BCUT2D eigenvalue weighted by Gasteiger charge is 2.21. The van der Waals surface area contributed by atoms with Crippen LogP contribution in [0.15, 0.2) is 48.5 Å². The summed E-state index contributed by atoms with van der Waals surface area (Å²) in [6, 6.07) is 13.1. The van der Waals surface area contributed by atoms with E-state index in [2.05, 4.69) is 0 Å². The molecule has 0 aliphatic carbocycles. The second kappa shape index (κ2) is 11.0. The minimum absolute atomic E-state index is 0.0892. The lowest BCUT2D eigenvalue weighted by Crippen LogP contribution is -2.23. The number of rotatable bonds is 11. The van der Waals surface area contributed by atoms with Crippen LogP contribution in [0.3, 0.4) is 0 Å². The number of hydrogen-bond acceptors (Lipinski definition) is 5. The number of ether oxygens (including phenoxy) is 3. The molecule has 2 rings (SSSR count). The largest absolute Gasteiger partial charge is 0.493 e. The third kappa shape index (κ3) is 6.11. The van der Waals surface area contributed by atoms with Crippen LogP contribution >= 0.6 is 0 Å². The fourth-order valence-corrected chi connectivity index (χ4v) is 3.21. The summed E-state index contributed by atoms with van der Waals surface area (Å²) < 4.78 is 16.0. The number of amides is 1. The van der Waals surface area contributed by atoms with Crippen LogP contribution in [0.25, 0.3) is 6.08 Å². The van der Waals surface area contributed by atoms with Gasteiger partial charge in [0, 0.05) is 17.9 Å². The summed E-state index contributed by atoms with van der Waals surface area (Å²) in [6.07, 6.45) is 4.62. The van der Waals surface area contributed by atoms with Gasteiger partial charge in [-0.05, 0) is 30.0 Å². The van der Waals surface area contributed by atoms with Crippen LogP contribution in [0.5, 0.6) is 17.2 Å². The average molecular weight is 411 g/mol. The van der Waals surface area contributed by atoms with Crippen molar-refractivity contribution in [2.45, 2.75) is 19.8 Å². The van der Waals surface area contributed by atoms with E-state index in [0.717, 1.165) is 5.56 Å². The van der Waals surface area contributed by atoms with Gasteiger partial charge in [0.1, 0.15) is 0 Å². The molecule has 0 fully saturated rings. The lowest BCUT2D eigenvalue weighted by atomic mass is 9.88. The fourth-order valence-electron chi connectivity index (χ4n) is 3.21. The molecule has 0 radical (unpaired) electrons. The first-order valence-electron chi connectivity index (χ1n) is 9.75. The van der Waals surface area contributed by atoms with E-state index in [-0.39, 0.29) is 29.9 Å². The minimum Gasteiger partial charge on any atom is -0.493 e. The van der Waals surface area contributed by atoms with Crippen molar-refractivity contribution in [3.8, 4) is 17.2 Å². The molecule has 1 amide bonds. The van der Waals surface area contributed by atoms with Crippen LogP contribution in [-0.2, 0) is 4.79 Å². The van der Waals surface area contributed by atoms with Crippen molar-refractivity contribution >= 4 is 17.8 Å². The van der Waals surface area contributed by atoms with Gasteiger partial charge in [-0.1, -0.05) is 49.4 Å². The number of primary amides is 1. The highest BCUT2D eigenvalue weighted by atomic mass is 16.5. The first-order valence-corrected chi connectivity index (χ1v) is 9.75. The van der Waals surface area contributed by atoms with Gasteiger partial charge in [-0.3, -0.25) is 9.59 Å². The summed E-state index contributed by atoms with van der Waals surface area (Å²) in [6.45, 7) is 1.77. The highest BCUT2D eigenvalue weighted by molar-refractivity contribution is 5.97. The number of hydrogen-bond donors (Lipinski definition) is 1. The molecule has 6 heteroatoms. The molecule has 2 aromatic carbocycles. The SMILES string of the molecule is COc1cc(C(=O)CC(C=Cc2ccccc2)C[C@H](C)C(N)=O)cc(OC)c1OC. The Morgan fingerprint density at radius 1 is 1.00 bits per heavy atom. The Bertz CT molecular complexity index is 867. The van der Waals surface area contributed by atoms with E-state index in [4.69, 9.17) is 19.9 Å². The van der Waals surface area contributed by atoms with Crippen molar-refractivity contribution in [3.05, 3.63) is 59.7 Å². The summed E-state index contributed by atoms with van der Waals surface area (Å²) in [7, 11) is 4.52. The Labute approximate surface area is 177 Å². The molecule has 0 heterocycles. The smallest absolute Gasteiger partial charge is 0.220 e. The molecule has 0 aromatic heterocycles. The molecule has 0 saturated carbocycles. The summed E-state index contributed by atoms with van der Waals surface area (Å²) in [5.41, 5.74) is 6.92. The number of allylic oxidation sites excluding steroid dienone is 1. The van der Waals surface area contributed by atoms with Gasteiger partial charge in [0.05, 0.1) is 21.3 Å². The van der Waals surface area contributed by atoms with Gasteiger partial charge in [0.25, 0.3) is 0 Å². The van der Waals surface area contributed by atoms with Gasteiger partial charge in [-0.2, -0.15) is 0 Å². The molecule has 160 valence electrons. The summed E-state index contributed by atoms with van der Waals surface area (Å²) >= 11 is 0. The topological polar surface area (TPSA) is 87.9 Å². The van der Waals surface area contributed by atoms with Crippen LogP contribution in [0.1, 0.15) is 35.7 Å². The molecule has 6 nitrogen and oxygen atoms in total. The standard InChI is InChI=1S/C24H29NO5/c1-16(24(25)27)12-18(11-10-17-8-6-5-7-9-17)13-20(26)19-14-21(28-2)23(30-4)22(15-19)29-3/h5-11,14-16,18H,12-13H2,1-4H3,(H2,25,27)/t16-,18?/m0/s1. The molecule has 1 unspecified atom stereocenters. The molecular formula is C24H29NO5. The van der Waals surface area contributed by atoms with Gasteiger partial charge in [0.2, 0.25) is 11.7 Å². The van der Waals surface area contributed by atoms with Crippen molar-refractivity contribution in [2.75, 3.05) is 21.3 Å². The van der Waals surface area contributed by atoms with E-state index in [1.165, 1.54) is 21.3 Å². The van der Waals surface area contributed by atoms with Crippen molar-refractivity contribution in [1.29, 1.82) is 0 Å². The van der Waals surface area contributed by atoms with Crippen molar-refractivity contribution in [3.63, 3.8) is 0 Å². The summed E-state index contributed by atoms with van der Waals surface area (Å²) in [4.78, 5) is 24.6. The Morgan fingerprint density at radius 2 is 1.60 bits per heavy atom. The second-order valence-corrected chi connectivity index (χ2v) is 7.11. The number of nitrogens with two attached hydrogens (primary N) is 1. The first-order chi connectivity index (χ1) is 14.4. The molecule has 0 saturated heterocycles. The van der Waals surface area contributed by atoms with Crippen LogP contribution < -0.4 is 19.9 Å². The Balaban J connectivity index is 2.28. The molecular weight excluding hydrogens is 382 g/mol. The van der Waals surface area contributed by atoms with E-state index in [1.54, 1.807) is 19.1 Å². The third-order valence-electron chi connectivity index (χ3n) is 4.94. The molecule has 2 aromatic rings. The molecule has 30 heavy (non-hydrogen) atoms. The van der Waals surface area contributed by atoms with E-state index < -0.39 is 0 Å². The number of benzene rings is 2. The van der Waals surface area contributed by atoms with E-state index in [0.29, 0.717) is 29.2 Å². The molecule has 0 aliphatic rings. The van der Waals surface area contributed by atoms with Gasteiger partial charge in [0.15, 0.2) is 17.3 Å². The summed E-state index contributed by atoms with van der Waals surface area (Å²) in [5, 5.41) is 0. The maximum atomic E-state index is 13.1. The quantitative estimate of drug-likeness (QED) is 0.562. The second-order valence-electron chi connectivity index (χ2n) is 7.11. The number of methoxy groups -OCH3 is 3. The number of Topliss-reactive ketones (excluding diaryl/α,β-unsaturated/α-hetero) is 1. The van der Waals surface area contributed by atoms with E-state index in [1.807, 2.05) is 42.5 Å². The van der Waals surface area contributed by atoms with Crippen LogP contribution in [0.4, 0.5) is 0 Å². The predicted molar refractivity (Wildman–Crippen MR) is 117 cm³/mol. The summed E-state index contributed by atoms with van der Waals surface area (Å²) in [5.74, 6) is 0.299. The van der Waals surface area contributed by atoms with Crippen LogP contribution in [0, 0.1) is 11.8 Å². The Kier molecular flexibility index (Phi) is 8.47. The lowest BCUT2D eigenvalue weighted by Gasteiger charge is -2.17. The van der Waals surface area contributed by atoms with Crippen molar-refractivity contribution in [1.82, 2.24) is 0 Å². The fraction of sp³-hybridized carbons (Fsp3) is 0.333. The van der Waals surface area contributed by atoms with Crippen LogP contribution in [0.2, 0.25) is 0 Å². The lowest BCUT2D eigenvalue weighted by molar-refractivity contribution is -0.121. The van der Waals surface area contributed by atoms with Gasteiger partial charge in [-0.15, -0.1) is 0 Å². The predicted octanol–water partition coefficient (Wildman–Crippen LogP) is 4.13. The maximum absolute atomic E-state index is 13.1. The highest BCUT2D eigenvalue weighted by Crippen LogP contribution is 2.38. The first kappa shape index (κ1) is 23.0. The molecule has 0 aliphatic heterocycles. The monoisotopic (exact) mass is 411 g/mol. The normalized spacial score (nSPS) is 12.9. The zero-order valence-corrected chi connectivity index (χ0v) is 17.9. The van der Waals surface area contributed by atoms with E-state index >= 15 is 0 Å². The minimum atomic E-state index is -0.381. The molecule has 2 N–H and O–H groups in total. The zero-order valence-electron chi connectivity index (χ0n) is 17.9. The van der Waals surface area contributed by atoms with Gasteiger partial charge < -0.3 is 19.9 Å². The van der Waals surface area contributed by atoms with Gasteiger partial charge >= 0.3 is 0 Å². The average Bonchev–Trinajstić information content (AvgIpc) is 2.76. The zero-order chi connectivity index (χ0) is 22.1. The van der Waals surface area contributed by atoms with Gasteiger partial charge in [-0.25, -0.2) is 0 Å². The maximum Gasteiger partial charge on any atom is 0.220 e. The Morgan fingerprint density at radius 3 is 2.10 bits per heavy atom. The molecule has 0 spiro atoms. The van der Waals surface area contributed by atoms with Crippen LogP contribution in [-0.4, -0.2) is 33.0 Å². The number of ketones is 1. The molecule has 0 bridgehead atoms. The van der Waals surface area contributed by atoms with Crippen molar-refractivity contribution < 1.29 is 23.8 Å². The number of carbonyl (C=O) groups is 2.